The molecule has 0 radical (unpaired) electrons. The molecular weight excluding hydrogens is 300 g/mol. The molecule has 24 heavy (non-hydrogen) atoms. The van der Waals surface area contributed by atoms with Crippen LogP contribution in [0.1, 0.15) is 38.2 Å². The van der Waals surface area contributed by atoms with E-state index in [1.165, 1.54) is 0 Å². The molecule has 0 spiro atoms. The lowest BCUT2D eigenvalue weighted by Gasteiger charge is -2.42. The maximum atomic E-state index is 11.2. The number of nitrogens with one attached hydrogen (secondary N) is 1. The van der Waals surface area contributed by atoms with Gasteiger partial charge in [0.1, 0.15) is 0 Å². The molecule has 0 heterocycles. The molecule has 0 saturated heterocycles. The highest BCUT2D eigenvalue weighted by Crippen LogP contribution is 2.37. The summed E-state index contributed by atoms with van der Waals surface area (Å²) in [7, 11) is 0. The third kappa shape index (κ3) is 4.94. The molecule has 1 fully saturated rings. The van der Waals surface area contributed by atoms with Crippen molar-refractivity contribution < 1.29 is 10.2 Å². The molecule has 1 aliphatic carbocycles. The minimum atomic E-state index is -1.07. The van der Waals surface area contributed by atoms with Crippen LogP contribution < -0.4 is 11.1 Å². The lowest BCUT2D eigenvalue weighted by atomic mass is 9.71. The molecule has 0 aromatic heterocycles. The average Bonchev–Trinajstić information content (AvgIpc) is 2.60. The van der Waals surface area contributed by atoms with Crippen LogP contribution in [0, 0.1) is 5.92 Å². The molecule has 0 amide bonds. The second-order valence-corrected chi connectivity index (χ2v) is 6.77. The van der Waals surface area contributed by atoms with Crippen molar-refractivity contribution >= 4 is 0 Å². The summed E-state index contributed by atoms with van der Waals surface area (Å²) in [6, 6.07) is 10.1. The molecule has 132 valence electrons. The first-order chi connectivity index (χ1) is 11.6. The summed E-state index contributed by atoms with van der Waals surface area (Å²) in [5.41, 5.74) is 6.71. The number of aliphatic hydroxyl groups excluding tert-OH is 1. The van der Waals surface area contributed by atoms with Crippen molar-refractivity contribution in [2.75, 3.05) is 6.54 Å². The predicted molar refractivity (Wildman–Crippen MR) is 98.1 cm³/mol. The van der Waals surface area contributed by atoms with Crippen LogP contribution >= 0.6 is 0 Å². The average molecular weight is 330 g/mol. The fourth-order valence-corrected chi connectivity index (χ4v) is 3.30. The van der Waals surface area contributed by atoms with E-state index in [-0.39, 0.29) is 5.92 Å². The first-order valence-electron chi connectivity index (χ1n) is 8.79. The Morgan fingerprint density at radius 3 is 2.79 bits per heavy atom. The molecule has 0 aliphatic heterocycles. The largest absolute Gasteiger partial charge is 0.390 e. The van der Waals surface area contributed by atoms with E-state index in [9.17, 15) is 10.2 Å². The van der Waals surface area contributed by atoms with Crippen LogP contribution in [0.2, 0.25) is 0 Å². The summed E-state index contributed by atoms with van der Waals surface area (Å²) in [5.74, 6) is -0.144. The lowest BCUT2D eigenvalue weighted by Crippen LogP contribution is -2.51. The first kappa shape index (κ1) is 18.7. The highest BCUT2D eigenvalue weighted by atomic mass is 16.3. The Morgan fingerprint density at radius 1 is 1.38 bits per heavy atom. The first-order valence-corrected chi connectivity index (χ1v) is 8.79. The van der Waals surface area contributed by atoms with Gasteiger partial charge in [0, 0.05) is 18.7 Å². The van der Waals surface area contributed by atoms with Gasteiger partial charge in [-0.15, -0.1) is 0 Å². The van der Waals surface area contributed by atoms with Gasteiger partial charge in [-0.05, 0) is 43.5 Å². The van der Waals surface area contributed by atoms with Gasteiger partial charge in [0.15, 0.2) is 0 Å². The maximum absolute atomic E-state index is 11.2. The third-order valence-corrected chi connectivity index (χ3v) is 4.90. The normalized spacial score (nSPS) is 26.5. The van der Waals surface area contributed by atoms with Gasteiger partial charge in [-0.2, -0.15) is 0 Å². The highest BCUT2D eigenvalue weighted by molar-refractivity contribution is 5.19. The summed E-state index contributed by atoms with van der Waals surface area (Å²) < 4.78 is 0. The molecule has 2 rings (SSSR count). The van der Waals surface area contributed by atoms with Crippen molar-refractivity contribution in [1.82, 2.24) is 5.32 Å². The van der Waals surface area contributed by atoms with Crippen LogP contribution in [-0.4, -0.2) is 28.5 Å². The van der Waals surface area contributed by atoms with Crippen molar-refractivity contribution in [2.24, 2.45) is 11.7 Å². The van der Waals surface area contributed by atoms with Gasteiger partial charge in [-0.3, -0.25) is 0 Å². The minimum Gasteiger partial charge on any atom is -0.390 e. The van der Waals surface area contributed by atoms with Crippen LogP contribution in [-0.2, 0) is 6.42 Å². The van der Waals surface area contributed by atoms with Gasteiger partial charge in [-0.1, -0.05) is 49.2 Å². The Balaban J connectivity index is 2.16. The van der Waals surface area contributed by atoms with Crippen molar-refractivity contribution in [3.63, 3.8) is 0 Å². The van der Waals surface area contributed by atoms with Gasteiger partial charge in [0.05, 0.1) is 11.7 Å². The fraction of sp³-hybridized carbons (Fsp3) is 0.500. The van der Waals surface area contributed by atoms with E-state index in [1.807, 2.05) is 43.6 Å². The smallest absolute Gasteiger partial charge is 0.0971 e. The third-order valence-electron chi connectivity index (χ3n) is 4.90. The fourth-order valence-electron chi connectivity index (χ4n) is 3.30. The van der Waals surface area contributed by atoms with E-state index >= 15 is 0 Å². The van der Waals surface area contributed by atoms with Gasteiger partial charge in [0.25, 0.3) is 0 Å². The second kappa shape index (κ2) is 9.02. The maximum Gasteiger partial charge on any atom is 0.0971 e. The van der Waals surface area contributed by atoms with Gasteiger partial charge >= 0.3 is 0 Å². The molecule has 1 saturated carbocycles. The van der Waals surface area contributed by atoms with Crippen LogP contribution in [0.5, 0.6) is 0 Å². The van der Waals surface area contributed by atoms with E-state index < -0.39 is 11.7 Å². The summed E-state index contributed by atoms with van der Waals surface area (Å²) in [6.07, 6.45) is 8.92. The molecule has 4 nitrogen and oxygen atoms in total. The predicted octanol–water partition coefficient (Wildman–Crippen LogP) is 2.48. The van der Waals surface area contributed by atoms with Crippen molar-refractivity contribution in [1.29, 1.82) is 0 Å². The zero-order valence-corrected chi connectivity index (χ0v) is 14.5. The Hall–Kier alpha value is -1.62. The Labute approximate surface area is 145 Å². The number of aliphatic hydroxyl groups is 2. The monoisotopic (exact) mass is 330 g/mol. The number of hydrogen-bond donors (Lipinski definition) is 4. The number of benzene rings is 1. The zero-order valence-electron chi connectivity index (χ0n) is 14.5. The van der Waals surface area contributed by atoms with Crippen LogP contribution in [0.25, 0.3) is 0 Å². The van der Waals surface area contributed by atoms with Crippen LogP contribution in [0.4, 0.5) is 0 Å². The quantitative estimate of drug-likeness (QED) is 0.619. The molecule has 3 atom stereocenters. The summed E-state index contributed by atoms with van der Waals surface area (Å²) in [4.78, 5) is 0. The van der Waals surface area contributed by atoms with Crippen LogP contribution in [0.3, 0.4) is 0 Å². The van der Waals surface area contributed by atoms with E-state index in [0.29, 0.717) is 25.8 Å². The molecule has 1 aromatic rings. The van der Waals surface area contributed by atoms with Gasteiger partial charge < -0.3 is 21.3 Å². The second-order valence-electron chi connectivity index (χ2n) is 6.77. The molecule has 3 unspecified atom stereocenters. The number of nitrogens with two attached hydrogens (primary N) is 1. The lowest BCUT2D eigenvalue weighted by molar-refractivity contribution is -0.125. The minimum absolute atomic E-state index is 0.144. The molecular formula is C20H30N2O2. The summed E-state index contributed by atoms with van der Waals surface area (Å²) in [5, 5.41) is 24.7. The summed E-state index contributed by atoms with van der Waals surface area (Å²) >= 11 is 0. The Morgan fingerprint density at radius 2 is 2.12 bits per heavy atom. The molecule has 0 bridgehead atoms. The highest BCUT2D eigenvalue weighted by Gasteiger charge is 2.43. The standard InChI is InChI=1S/C20H30N2O2/c1-16(14-21)15-22-12-10-18(13-17-7-3-2-4-8-17)20(24)11-6-5-9-19(20)23/h2-4,7-8,10,12,15,18-19,22-24H,5-6,9,11,13-14,21H2,1H3/b12-10+,16-15-. The SMILES string of the molecule is C/C(=C/N/C=C/C(Cc1ccccc1)C1(O)CCCCC1O)CN. The number of hydrogen-bond acceptors (Lipinski definition) is 4. The molecule has 4 heteroatoms. The van der Waals surface area contributed by atoms with Gasteiger partial charge in [0.2, 0.25) is 0 Å². The van der Waals surface area contributed by atoms with Crippen molar-refractivity contribution in [3.8, 4) is 0 Å². The van der Waals surface area contributed by atoms with E-state index in [0.717, 1.165) is 24.0 Å². The zero-order chi connectivity index (χ0) is 17.4. The van der Waals surface area contributed by atoms with Gasteiger partial charge in [-0.25, -0.2) is 0 Å². The van der Waals surface area contributed by atoms with Crippen molar-refractivity contribution in [2.45, 2.75) is 50.7 Å². The topological polar surface area (TPSA) is 78.5 Å². The number of rotatable bonds is 7. The summed E-state index contributed by atoms with van der Waals surface area (Å²) in [6.45, 7) is 2.47. The van der Waals surface area contributed by atoms with E-state index in [2.05, 4.69) is 17.4 Å². The van der Waals surface area contributed by atoms with Crippen LogP contribution in [0.15, 0.2) is 54.4 Å². The molecule has 5 N–H and O–H groups in total. The van der Waals surface area contributed by atoms with Crippen molar-refractivity contribution in [3.05, 3.63) is 59.9 Å². The Bertz CT molecular complexity index is 556. The van der Waals surface area contributed by atoms with E-state index in [1.54, 1.807) is 0 Å². The Kier molecular flexibility index (Phi) is 7.03. The molecule has 1 aromatic carbocycles. The van der Waals surface area contributed by atoms with E-state index in [4.69, 9.17) is 5.73 Å². The molecule has 1 aliphatic rings.